The minimum atomic E-state index is -0.458. The summed E-state index contributed by atoms with van der Waals surface area (Å²) in [6.45, 7) is 10.6. The summed E-state index contributed by atoms with van der Waals surface area (Å²) in [5.41, 5.74) is -0.447. The predicted molar refractivity (Wildman–Crippen MR) is 76.5 cm³/mol. The Bertz CT molecular complexity index is 302. The third kappa shape index (κ3) is 7.64. The van der Waals surface area contributed by atoms with Crippen molar-refractivity contribution >= 4 is 17.9 Å². The second kappa shape index (κ2) is 6.81. The second-order valence-electron chi connectivity index (χ2n) is 5.95. The molecule has 1 heterocycles. The molecule has 1 aliphatic heterocycles. The van der Waals surface area contributed by atoms with Gasteiger partial charge in [-0.15, -0.1) is 0 Å². The Labute approximate surface area is 119 Å². The fourth-order valence-corrected chi connectivity index (χ4v) is 2.44. The highest BCUT2D eigenvalue weighted by Crippen LogP contribution is 2.24. The van der Waals surface area contributed by atoms with Crippen molar-refractivity contribution in [1.82, 2.24) is 5.32 Å². The summed E-state index contributed by atoms with van der Waals surface area (Å²) in [6, 6.07) is 0. The number of thioether (sulfide) groups is 1. The van der Waals surface area contributed by atoms with Crippen molar-refractivity contribution in [2.24, 2.45) is 0 Å². The van der Waals surface area contributed by atoms with Crippen LogP contribution in [0.15, 0.2) is 0 Å². The van der Waals surface area contributed by atoms with Gasteiger partial charge in [0.2, 0.25) is 0 Å². The van der Waals surface area contributed by atoms with Crippen LogP contribution in [0.4, 0.5) is 4.79 Å². The van der Waals surface area contributed by atoms with Crippen LogP contribution >= 0.6 is 11.8 Å². The minimum Gasteiger partial charge on any atom is -0.444 e. The first-order valence-corrected chi connectivity index (χ1v) is 7.70. The Morgan fingerprint density at radius 3 is 2.68 bits per heavy atom. The van der Waals surface area contributed by atoms with Gasteiger partial charge in [-0.25, -0.2) is 4.79 Å². The Morgan fingerprint density at radius 2 is 2.16 bits per heavy atom. The quantitative estimate of drug-likeness (QED) is 0.788. The molecule has 1 atom stereocenters. The van der Waals surface area contributed by atoms with E-state index in [0.29, 0.717) is 13.2 Å². The lowest BCUT2D eigenvalue weighted by Gasteiger charge is -2.19. The number of rotatable bonds is 5. The molecule has 0 spiro atoms. The molecule has 0 unspecified atom stereocenters. The summed E-state index contributed by atoms with van der Waals surface area (Å²) in [4.78, 5) is 11.4. The van der Waals surface area contributed by atoms with Gasteiger partial charge in [-0.2, -0.15) is 11.8 Å². The van der Waals surface area contributed by atoms with E-state index in [1.165, 1.54) is 0 Å². The fourth-order valence-electron chi connectivity index (χ4n) is 1.60. The summed E-state index contributed by atoms with van der Waals surface area (Å²) in [6.07, 6.45) is -0.226. The maximum Gasteiger partial charge on any atom is 0.407 e. The van der Waals surface area contributed by atoms with Crippen molar-refractivity contribution in [3.8, 4) is 0 Å². The molecular formula is C13H25NO4S. The SMILES string of the molecule is CC(C)(C)OC(=O)NCCSC[C@H]1COC(C)(C)O1. The van der Waals surface area contributed by atoms with Gasteiger partial charge < -0.3 is 19.5 Å². The average molecular weight is 291 g/mol. The summed E-state index contributed by atoms with van der Waals surface area (Å²) in [7, 11) is 0. The summed E-state index contributed by atoms with van der Waals surface area (Å²) in [5.74, 6) is 1.25. The van der Waals surface area contributed by atoms with Gasteiger partial charge in [0.1, 0.15) is 5.60 Å². The minimum absolute atomic E-state index is 0.140. The van der Waals surface area contributed by atoms with Crippen molar-refractivity contribution in [2.75, 3.05) is 24.7 Å². The van der Waals surface area contributed by atoms with Crippen LogP contribution in [0.25, 0.3) is 0 Å². The van der Waals surface area contributed by atoms with Gasteiger partial charge in [-0.05, 0) is 34.6 Å². The number of carbonyl (C=O) groups excluding carboxylic acids is 1. The maximum absolute atomic E-state index is 11.4. The maximum atomic E-state index is 11.4. The van der Waals surface area contributed by atoms with Gasteiger partial charge in [-0.1, -0.05) is 0 Å². The number of nitrogens with one attached hydrogen (secondary N) is 1. The van der Waals surface area contributed by atoms with Gasteiger partial charge in [-0.3, -0.25) is 0 Å². The summed E-state index contributed by atoms with van der Waals surface area (Å²) >= 11 is 1.74. The molecule has 0 saturated carbocycles. The molecule has 0 radical (unpaired) electrons. The molecule has 1 aliphatic rings. The van der Waals surface area contributed by atoms with Crippen LogP contribution in [-0.4, -0.2) is 48.2 Å². The van der Waals surface area contributed by atoms with E-state index in [1.807, 2.05) is 34.6 Å². The zero-order valence-electron chi connectivity index (χ0n) is 12.4. The highest BCUT2D eigenvalue weighted by atomic mass is 32.2. The Hall–Kier alpha value is -0.460. The van der Waals surface area contributed by atoms with Crippen molar-refractivity contribution in [3.05, 3.63) is 0 Å². The third-order valence-electron chi connectivity index (χ3n) is 2.29. The van der Waals surface area contributed by atoms with E-state index >= 15 is 0 Å². The van der Waals surface area contributed by atoms with E-state index in [9.17, 15) is 4.79 Å². The van der Waals surface area contributed by atoms with E-state index in [-0.39, 0.29) is 12.2 Å². The van der Waals surface area contributed by atoms with Crippen LogP contribution in [0.3, 0.4) is 0 Å². The van der Waals surface area contributed by atoms with Crippen molar-refractivity contribution in [3.63, 3.8) is 0 Å². The number of alkyl carbamates (subject to hydrolysis) is 1. The number of ether oxygens (including phenoxy) is 3. The molecule has 0 aromatic carbocycles. The van der Waals surface area contributed by atoms with Crippen molar-refractivity contribution in [2.45, 2.75) is 52.1 Å². The molecule has 1 saturated heterocycles. The van der Waals surface area contributed by atoms with Gasteiger partial charge in [0, 0.05) is 18.1 Å². The molecule has 0 aliphatic carbocycles. The zero-order chi connectivity index (χ0) is 14.5. The molecule has 112 valence electrons. The van der Waals surface area contributed by atoms with Crippen LogP contribution in [-0.2, 0) is 14.2 Å². The largest absolute Gasteiger partial charge is 0.444 e. The normalized spacial score (nSPS) is 22.3. The van der Waals surface area contributed by atoms with Crippen LogP contribution < -0.4 is 5.32 Å². The highest BCUT2D eigenvalue weighted by Gasteiger charge is 2.32. The molecular weight excluding hydrogens is 266 g/mol. The second-order valence-corrected chi connectivity index (χ2v) is 7.10. The number of hydrogen-bond donors (Lipinski definition) is 1. The summed E-state index contributed by atoms with van der Waals surface area (Å²) in [5, 5.41) is 2.73. The lowest BCUT2D eigenvalue weighted by atomic mass is 10.2. The number of hydrogen-bond acceptors (Lipinski definition) is 5. The van der Waals surface area contributed by atoms with Crippen molar-refractivity contribution < 1.29 is 19.0 Å². The van der Waals surface area contributed by atoms with Crippen LogP contribution in [0.5, 0.6) is 0 Å². The topological polar surface area (TPSA) is 56.8 Å². The van der Waals surface area contributed by atoms with Gasteiger partial charge in [0.05, 0.1) is 12.7 Å². The standard InChI is InChI=1S/C13H25NO4S/c1-12(2,3)18-11(15)14-6-7-19-9-10-8-16-13(4,5)17-10/h10H,6-9H2,1-5H3,(H,14,15)/t10-/m1/s1. The van der Waals surface area contributed by atoms with Crippen LogP contribution in [0, 0.1) is 0 Å². The highest BCUT2D eigenvalue weighted by molar-refractivity contribution is 7.99. The molecule has 1 fully saturated rings. The molecule has 0 aromatic heterocycles. The van der Waals surface area contributed by atoms with Gasteiger partial charge in [0.15, 0.2) is 5.79 Å². The zero-order valence-corrected chi connectivity index (χ0v) is 13.3. The summed E-state index contributed by atoms with van der Waals surface area (Å²) < 4.78 is 16.3. The molecule has 1 rings (SSSR count). The van der Waals surface area contributed by atoms with E-state index < -0.39 is 11.4 Å². The molecule has 19 heavy (non-hydrogen) atoms. The van der Waals surface area contributed by atoms with Gasteiger partial charge in [0.25, 0.3) is 0 Å². The lowest BCUT2D eigenvalue weighted by molar-refractivity contribution is -0.135. The van der Waals surface area contributed by atoms with E-state index in [0.717, 1.165) is 11.5 Å². The first-order valence-electron chi connectivity index (χ1n) is 6.54. The van der Waals surface area contributed by atoms with Crippen molar-refractivity contribution in [1.29, 1.82) is 0 Å². The predicted octanol–water partition coefficient (Wildman–Crippen LogP) is 2.40. The Balaban J connectivity index is 2.01. The van der Waals surface area contributed by atoms with Crippen LogP contribution in [0.2, 0.25) is 0 Å². The number of amides is 1. The van der Waals surface area contributed by atoms with E-state index in [2.05, 4.69) is 5.32 Å². The molecule has 5 nitrogen and oxygen atoms in total. The molecule has 1 N–H and O–H groups in total. The Kier molecular flexibility index (Phi) is 5.95. The van der Waals surface area contributed by atoms with E-state index in [1.54, 1.807) is 11.8 Å². The molecule has 0 aromatic rings. The average Bonchev–Trinajstić information content (AvgIpc) is 2.55. The number of carbonyl (C=O) groups is 1. The smallest absolute Gasteiger partial charge is 0.407 e. The third-order valence-corrected chi connectivity index (χ3v) is 3.39. The molecule has 0 bridgehead atoms. The van der Waals surface area contributed by atoms with E-state index in [4.69, 9.17) is 14.2 Å². The molecule has 1 amide bonds. The lowest BCUT2D eigenvalue weighted by Crippen LogP contribution is -2.33. The Morgan fingerprint density at radius 1 is 1.47 bits per heavy atom. The van der Waals surface area contributed by atoms with Gasteiger partial charge >= 0.3 is 6.09 Å². The van der Waals surface area contributed by atoms with Crippen LogP contribution in [0.1, 0.15) is 34.6 Å². The fraction of sp³-hybridized carbons (Fsp3) is 0.923. The first-order chi connectivity index (χ1) is 8.68. The first kappa shape index (κ1) is 16.6. The molecule has 6 heteroatoms. The monoisotopic (exact) mass is 291 g/mol.